The van der Waals surface area contributed by atoms with Gasteiger partial charge >= 0.3 is 0 Å². The lowest BCUT2D eigenvalue weighted by Gasteiger charge is -2.22. The summed E-state index contributed by atoms with van der Waals surface area (Å²) in [5.41, 5.74) is 1.11. The van der Waals surface area contributed by atoms with E-state index in [2.05, 4.69) is 15.5 Å². The summed E-state index contributed by atoms with van der Waals surface area (Å²) in [6, 6.07) is 10.0. The molecule has 3 rings (SSSR count). The maximum atomic E-state index is 12.2. The number of unbranched alkanes of at least 4 members (excludes halogenated alkanes) is 1. The van der Waals surface area contributed by atoms with Gasteiger partial charge in [0.25, 0.3) is 0 Å². The van der Waals surface area contributed by atoms with Gasteiger partial charge in [-0.2, -0.15) is 0 Å². The number of aryl methyl sites for hydroxylation is 1. The molecule has 1 fully saturated rings. The van der Waals surface area contributed by atoms with Gasteiger partial charge in [-0.15, -0.1) is 5.10 Å². The van der Waals surface area contributed by atoms with E-state index >= 15 is 0 Å². The van der Waals surface area contributed by atoms with Crippen molar-refractivity contribution in [2.45, 2.75) is 49.4 Å². The summed E-state index contributed by atoms with van der Waals surface area (Å²) in [7, 11) is 1.83. The third kappa shape index (κ3) is 5.90. The zero-order valence-electron chi connectivity index (χ0n) is 16.1. The molecule has 2 heterocycles. The highest BCUT2D eigenvalue weighted by atomic mass is 32.2. The van der Waals surface area contributed by atoms with Crippen LogP contribution in [0.3, 0.4) is 0 Å². The highest BCUT2D eigenvalue weighted by Gasteiger charge is 2.28. The standard InChI is InChI=1S/C20H27N5O2S/c1-24-20(21-22-23-24)28-14-6-5-13-25-17(10-12-19(25)27)9-11-18(26)15-16-7-3-2-4-8-16/h2-4,7-9,11,17-18,26H,5-6,10,12-15H2,1H3/t17-,18?/m0/s1. The number of aliphatic hydroxyl groups excluding tert-OH is 1. The van der Waals surface area contributed by atoms with Gasteiger partial charge in [0, 0.05) is 32.2 Å². The largest absolute Gasteiger partial charge is 0.389 e. The Morgan fingerprint density at radius 1 is 1.32 bits per heavy atom. The van der Waals surface area contributed by atoms with Gasteiger partial charge in [-0.1, -0.05) is 54.2 Å². The molecule has 1 aromatic carbocycles. The molecule has 0 radical (unpaired) electrons. The monoisotopic (exact) mass is 401 g/mol. The molecule has 1 saturated heterocycles. The van der Waals surface area contributed by atoms with Crippen molar-refractivity contribution in [3.63, 3.8) is 0 Å². The Kier molecular flexibility index (Phi) is 7.62. The SMILES string of the molecule is Cn1nnnc1SCCCCN1C(=O)CC[C@@H]1C=CC(O)Cc1ccccc1. The van der Waals surface area contributed by atoms with E-state index in [1.54, 1.807) is 16.4 Å². The molecule has 7 nitrogen and oxygen atoms in total. The first-order valence-electron chi connectivity index (χ1n) is 9.68. The smallest absolute Gasteiger partial charge is 0.223 e. The van der Waals surface area contributed by atoms with Gasteiger partial charge in [-0.3, -0.25) is 4.79 Å². The molecular weight excluding hydrogens is 374 g/mol. The Hall–Kier alpha value is -2.19. The molecule has 1 aliphatic rings. The number of rotatable bonds is 10. The van der Waals surface area contributed by atoms with Gasteiger partial charge in [0.05, 0.1) is 12.1 Å². The number of amides is 1. The lowest BCUT2D eigenvalue weighted by molar-refractivity contribution is -0.128. The lowest BCUT2D eigenvalue weighted by Crippen LogP contribution is -2.33. The summed E-state index contributed by atoms with van der Waals surface area (Å²) in [6.07, 6.45) is 7.24. The summed E-state index contributed by atoms with van der Waals surface area (Å²) >= 11 is 1.63. The Morgan fingerprint density at radius 3 is 2.89 bits per heavy atom. The van der Waals surface area contributed by atoms with Crippen LogP contribution >= 0.6 is 11.8 Å². The molecule has 1 aliphatic heterocycles. The molecule has 1 N–H and O–H groups in total. The third-order valence-electron chi connectivity index (χ3n) is 4.82. The van der Waals surface area contributed by atoms with Crippen LogP contribution in [0.5, 0.6) is 0 Å². The van der Waals surface area contributed by atoms with Crippen LogP contribution in [0.25, 0.3) is 0 Å². The van der Waals surface area contributed by atoms with Crippen LogP contribution in [0.2, 0.25) is 0 Å². The number of carbonyl (C=O) groups is 1. The minimum absolute atomic E-state index is 0.0912. The third-order valence-corrected chi connectivity index (χ3v) is 5.92. The van der Waals surface area contributed by atoms with E-state index in [4.69, 9.17) is 0 Å². The fourth-order valence-electron chi connectivity index (χ4n) is 3.32. The molecule has 0 spiro atoms. The number of thioether (sulfide) groups is 1. The number of nitrogens with zero attached hydrogens (tertiary/aromatic N) is 5. The Bertz CT molecular complexity index is 780. The molecule has 0 aliphatic carbocycles. The van der Waals surface area contributed by atoms with Crippen molar-refractivity contribution in [3.8, 4) is 0 Å². The number of likely N-dealkylation sites (tertiary alicyclic amines) is 1. The predicted molar refractivity (Wildman–Crippen MR) is 109 cm³/mol. The average molecular weight is 402 g/mol. The number of hydrogen-bond acceptors (Lipinski definition) is 6. The molecule has 2 atom stereocenters. The first-order chi connectivity index (χ1) is 13.6. The van der Waals surface area contributed by atoms with Crippen molar-refractivity contribution in [2.75, 3.05) is 12.3 Å². The first kappa shape index (κ1) is 20.5. The van der Waals surface area contributed by atoms with Crippen LogP contribution in [0.1, 0.15) is 31.2 Å². The molecule has 28 heavy (non-hydrogen) atoms. The van der Waals surface area contributed by atoms with E-state index in [-0.39, 0.29) is 11.9 Å². The molecular formula is C20H27N5O2S. The number of aliphatic hydroxyl groups is 1. The van der Waals surface area contributed by atoms with E-state index < -0.39 is 6.10 Å². The number of benzene rings is 1. The first-order valence-corrected chi connectivity index (χ1v) is 10.7. The maximum absolute atomic E-state index is 12.2. The lowest BCUT2D eigenvalue weighted by atomic mass is 10.1. The Morgan fingerprint density at radius 2 is 2.14 bits per heavy atom. The molecule has 1 unspecified atom stereocenters. The summed E-state index contributed by atoms with van der Waals surface area (Å²) < 4.78 is 1.66. The number of carbonyl (C=O) groups excluding carboxylic acids is 1. The number of aromatic nitrogens is 4. The Labute approximate surface area is 169 Å². The van der Waals surface area contributed by atoms with E-state index in [0.29, 0.717) is 12.8 Å². The Balaban J connectivity index is 1.41. The number of tetrazole rings is 1. The van der Waals surface area contributed by atoms with Crippen LogP contribution in [-0.2, 0) is 18.3 Å². The minimum atomic E-state index is -0.531. The zero-order valence-corrected chi connectivity index (χ0v) is 17.0. The quantitative estimate of drug-likeness (QED) is 0.373. The van der Waals surface area contributed by atoms with E-state index in [9.17, 15) is 9.90 Å². The van der Waals surface area contributed by atoms with Gasteiger partial charge in [-0.05, 0) is 35.3 Å². The van der Waals surface area contributed by atoms with Crippen LogP contribution in [0.15, 0.2) is 47.6 Å². The van der Waals surface area contributed by atoms with Crippen LogP contribution < -0.4 is 0 Å². The average Bonchev–Trinajstić information content (AvgIpc) is 3.26. The molecule has 0 saturated carbocycles. The van der Waals surface area contributed by atoms with Crippen LogP contribution in [-0.4, -0.2) is 60.6 Å². The summed E-state index contributed by atoms with van der Waals surface area (Å²) in [5, 5.41) is 22.5. The van der Waals surface area contributed by atoms with E-state index in [1.807, 2.05) is 54.4 Å². The second-order valence-electron chi connectivity index (χ2n) is 6.98. The summed E-state index contributed by atoms with van der Waals surface area (Å²) in [5.74, 6) is 1.13. The summed E-state index contributed by atoms with van der Waals surface area (Å²) in [6.45, 7) is 0.750. The van der Waals surface area contributed by atoms with Crippen molar-refractivity contribution >= 4 is 17.7 Å². The van der Waals surface area contributed by atoms with Crippen LogP contribution in [0.4, 0.5) is 0 Å². The van der Waals surface area contributed by atoms with Crippen molar-refractivity contribution in [1.82, 2.24) is 25.1 Å². The number of hydrogen-bond donors (Lipinski definition) is 1. The van der Waals surface area contributed by atoms with Crippen molar-refractivity contribution in [3.05, 3.63) is 48.0 Å². The van der Waals surface area contributed by atoms with Crippen molar-refractivity contribution in [1.29, 1.82) is 0 Å². The van der Waals surface area contributed by atoms with Crippen molar-refractivity contribution in [2.24, 2.45) is 7.05 Å². The molecule has 150 valence electrons. The second-order valence-corrected chi connectivity index (χ2v) is 8.04. The van der Waals surface area contributed by atoms with Crippen LogP contribution in [0, 0.1) is 0 Å². The zero-order chi connectivity index (χ0) is 19.8. The normalized spacial score (nSPS) is 18.3. The van der Waals surface area contributed by atoms with Gasteiger partial charge in [-0.25, -0.2) is 4.68 Å². The van der Waals surface area contributed by atoms with E-state index in [0.717, 1.165) is 42.3 Å². The van der Waals surface area contributed by atoms with Gasteiger partial charge < -0.3 is 10.0 Å². The topological polar surface area (TPSA) is 84.1 Å². The highest BCUT2D eigenvalue weighted by Crippen LogP contribution is 2.22. The van der Waals surface area contributed by atoms with E-state index in [1.165, 1.54) is 0 Å². The molecule has 2 aromatic rings. The highest BCUT2D eigenvalue weighted by molar-refractivity contribution is 7.99. The van der Waals surface area contributed by atoms with Gasteiger partial charge in [0.2, 0.25) is 11.1 Å². The van der Waals surface area contributed by atoms with Gasteiger partial charge in [0.15, 0.2) is 0 Å². The molecule has 0 bridgehead atoms. The van der Waals surface area contributed by atoms with Crippen molar-refractivity contribution < 1.29 is 9.90 Å². The predicted octanol–water partition coefficient (Wildman–Crippen LogP) is 2.23. The fraction of sp³-hybridized carbons (Fsp3) is 0.500. The maximum Gasteiger partial charge on any atom is 0.223 e. The summed E-state index contributed by atoms with van der Waals surface area (Å²) in [4.78, 5) is 14.2. The minimum Gasteiger partial charge on any atom is -0.389 e. The second kappa shape index (κ2) is 10.4. The molecule has 1 amide bonds. The van der Waals surface area contributed by atoms with Gasteiger partial charge in [0.1, 0.15) is 0 Å². The molecule has 1 aromatic heterocycles. The fourth-order valence-corrected chi connectivity index (χ4v) is 4.17. The molecule has 8 heteroatoms.